The molecule has 3 aromatic rings. The number of rotatable bonds is 2. The van der Waals surface area contributed by atoms with Crippen molar-refractivity contribution in [2.24, 2.45) is 0 Å². The Hall–Kier alpha value is -3.22. The summed E-state index contributed by atoms with van der Waals surface area (Å²) < 4.78 is 35.4. The number of anilines is 1. The Labute approximate surface area is 166 Å². The predicted molar refractivity (Wildman–Crippen MR) is 107 cm³/mol. The molecule has 7 heteroatoms. The highest BCUT2D eigenvalue weighted by Crippen LogP contribution is 2.34. The lowest BCUT2D eigenvalue weighted by Gasteiger charge is -2.19. The third kappa shape index (κ3) is 5.40. The number of aromatic nitrogens is 1. The Morgan fingerprint density at radius 3 is 2.14 bits per heavy atom. The van der Waals surface area contributed by atoms with Crippen LogP contribution in [0.4, 0.5) is 18.9 Å². The minimum atomic E-state index is -4.38. The molecule has 4 rings (SSSR count). The third-order valence-corrected chi connectivity index (χ3v) is 4.64. The molecule has 4 nitrogen and oxygen atoms in total. The maximum absolute atomic E-state index is 11.8. The largest absolute Gasteiger partial charge is 0.506 e. The molecule has 0 saturated carbocycles. The minimum absolute atomic E-state index is 0.387. The Balaban J connectivity index is 0.000000188. The van der Waals surface area contributed by atoms with Crippen LogP contribution in [0, 0.1) is 0 Å². The van der Waals surface area contributed by atoms with Crippen LogP contribution < -0.4 is 10.5 Å². The molecule has 1 aliphatic rings. The van der Waals surface area contributed by atoms with Crippen molar-refractivity contribution >= 4 is 5.69 Å². The molecule has 2 N–H and O–H groups in total. The van der Waals surface area contributed by atoms with Gasteiger partial charge in [0.25, 0.3) is 0 Å². The minimum Gasteiger partial charge on any atom is -0.506 e. The summed E-state index contributed by atoms with van der Waals surface area (Å²) in [6, 6.07) is 17.7. The molecule has 0 aliphatic carbocycles. The monoisotopic (exact) mass is 402 g/mol. The van der Waals surface area contributed by atoms with E-state index in [0.717, 1.165) is 42.0 Å². The topological polar surface area (TPSA) is 56.3 Å². The molecule has 0 radical (unpaired) electrons. The first kappa shape index (κ1) is 20.5. The molecule has 0 atom stereocenters. The van der Waals surface area contributed by atoms with Gasteiger partial charge in [-0.25, -0.2) is 0 Å². The first-order valence-electron chi connectivity index (χ1n) is 9.24. The highest BCUT2D eigenvalue weighted by molar-refractivity contribution is 5.71. The number of aromatic amines is 1. The van der Waals surface area contributed by atoms with Crippen LogP contribution in [0.1, 0.15) is 18.4 Å². The van der Waals surface area contributed by atoms with Crippen LogP contribution in [-0.2, 0) is 6.18 Å². The van der Waals surface area contributed by atoms with E-state index in [1.165, 1.54) is 12.8 Å². The van der Waals surface area contributed by atoms with Crippen LogP contribution >= 0.6 is 0 Å². The number of pyridine rings is 1. The Bertz CT molecular complexity index is 974. The lowest BCUT2D eigenvalue weighted by Crippen LogP contribution is -2.17. The summed E-state index contributed by atoms with van der Waals surface area (Å²) in [7, 11) is 0. The zero-order valence-electron chi connectivity index (χ0n) is 15.6. The number of hydrogen-bond donors (Lipinski definition) is 2. The molecule has 1 saturated heterocycles. The number of halogens is 3. The second-order valence-electron chi connectivity index (χ2n) is 6.70. The molecule has 1 fully saturated rings. The van der Waals surface area contributed by atoms with E-state index in [2.05, 4.69) is 23.1 Å². The second-order valence-corrected chi connectivity index (χ2v) is 6.70. The van der Waals surface area contributed by atoms with Gasteiger partial charge in [-0.2, -0.15) is 13.2 Å². The quantitative estimate of drug-likeness (QED) is 0.631. The molecule has 0 spiro atoms. The van der Waals surface area contributed by atoms with Crippen molar-refractivity contribution in [3.8, 4) is 16.9 Å². The summed E-state index contributed by atoms with van der Waals surface area (Å²) in [6.45, 7) is 2.11. The molecule has 0 unspecified atom stereocenters. The highest BCUT2D eigenvalue weighted by Gasteiger charge is 2.30. The van der Waals surface area contributed by atoms with Crippen LogP contribution in [0.5, 0.6) is 5.75 Å². The number of nitrogens with zero attached hydrogens (tertiary/aromatic N) is 1. The summed E-state index contributed by atoms with van der Waals surface area (Å²) in [6.07, 6.45) is -1.30. The average Bonchev–Trinajstić information content (AvgIpc) is 3.23. The Morgan fingerprint density at radius 2 is 1.59 bits per heavy atom. The lowest BCUT2D eigenvalue weighted by molar-refractivity contribution is -0.137. The zero-order valence-corrected chi connectivity index (χ0v) is 15.6. The standard InChI is InChI=1S/C16H17NO.C6H4F3NO/c18-16-12-14(13-6-2-1-3-7-13)8-9-15(16)17-10-4-5-11-17;7-6(8,9)4-1-2-5(11)10-3-4/h1-3,6-9,12,18H,4-5,10-11H2;1-3H,(H,10,11). The Morgan fingerprint density at radius 1 is 0.897 bits per heavy atom. The van der Waals surface area contributed by atoms with Crippen LogP contribution in [0.25, 0.3) is 11.1 Å². The number of H-pyrrole nitrogens is 1. The average molecular weight is 402 g/mol. The Kier molecular flexibility index (Phi) is 6.26. The van der Waals surface area contributed by atoms with E-state index >= 15 is 0 Å². The smallest absolute Gasteiger partial charge is 0.417 e. The van der Waals surface area contributed by atoms with Crippen molar-refractivity contribution in [2.75, 3.05) is 18.0 Å². The molecule has 1 aromatic heterocycles. The number of alkyl halides is 3. The van der Waals surface area contributed by atoms with E-state index in [1.54, 1.807) is 0 Å². The van der Waals surface area contributed by atoms with Gasteiger partial charge in [-0.3, -0.25) is 4.79 Å². The molecule has 29 heavy (non-hydrogen) atoms. The maximum Gasteiger partial charge on any atom is 0.417 e. The summed E-state index contributed by atoms with van der Waals surface area (Å²) in [5.74, 6) is 0.387. The van der Waals surface area contributed by atoms with Crippen LogP contribution in [0.3, 0.4) is 0 Å². The van der Waals surface area contributed by atoms with Crippen molar-refractivity contribution in [1.82, 2.24) is 4.98 Å². The first-order chi connectivity index (χ1) is 13.8. The molecule has 2 heterocycles. The van der Waals surface area contributed by atoms with Gasteiger partial charge < -0.3 is 15.0 Å². The van der Waals surface area contributed by atoms with Gasteiger partial charge in [0.05, 0.1) is 11.3 Å². The molecule has 152 valence electrons. The number of aromatic hydroxyl groups is 1. The lowest BCUT2D eigenvalue weighted by atomic mass is 10.0. The molecular weight excluding hydrogens is 381 g/mol. The van der Waals surface area contributed by atoms with Crippen LogP contribution in [0.15, 0.2) is 71.7 Å². The van der Waals surface area contributed by atoms with Gasteiger partial charge >= 0.3 is 6.18 Å². The fourth-order valence-corrected chi connectivity index (χ4v) is 3.15. The van der Waals surface area contributed by atoms with Gasteiger partial charge in [0, 0.05) is 25.4 Å². The van der Waals surface area contributed by atoms with Crippen molar-refractivity contribution in [3.63, 3.8) is 0 Å². The van der Waals surface area contributed by atoms with E-state index in [4.69, 9.17) is 0 Å². The number of phenolic OH excluding ortho intramolecular Hbond substituents is 1. The van der Waals surface area contributed by atoms with Crippen molar-refractivity contribution in [1.29, 1.82) is 0 Å². The summed E-state index contributed by atoms with van der Waals surface area (Å²) in [5.41, 5.74) is 1.78. The van der Waals surface area contributed by atoms with E-state index in [0.29, 0.717) is 11.9 Å². The SMILES string of the molecule is O=c1ccc(C(F)(F)F)c[nH]1.Oc1cc(-c2ccccc2)ccc1N1CCCC1. The molecule has 1 aliphatic heterocycles. The van der Waals surface area contributed by atoms with Crippen molar-refractivity contribution in [3.05, 3.63) is 82.8 Å². The van der Waals surface area contributed by atoms with Gasteiger partial charge in [-0.15, -0.1) is 0 Å². The molecular formula is C22H21F3N2O2. The van der Waals surface area contributed by atoms with Gasteiger partial charge in [-0.1, -0.05) is 36.4 Å². The summed E-state index contributed by atoms with van der Waals surface area (Å²) in [5, 5.41) is 10.2. The van der Waals surface area contributed by atoms with E-state index in [-0.39, 0.29) is 0 Å². The van der Waals surface area contributed by atoms with E-state index in [1.807, 2.05) is 35.3 Å². The second kappa shape index (κ2) is 8.86. The van der Waals surface area contributed by atoms with Gasteiger partial charge in [-0.05, 0) is 42.2 Å². The normalized spacial score (nSPS) is 13.7. The number of benzene rings is 2. The van der Waals surface area contributed by atoms with Crippen molar-refractivity contribution in [2.45, 2.75) is 19.0 Å². The number of phenols is 1. The first-order valence-corrected chi connectivity index (χ1v) is 9.24. The highest BCUT2D eigenvalue weighted by atomic mass is 19.4. The number of hydrogen-bond acceptors (Lipinski definition) is 3. The molecule has 2 aromatic carbocycles. The summed E-state index contributed by atoms with van der Waals surface area (Å²) >= 11 is 0. The number of nitrogens with one attached hydrogen (secondary N) is 1. The van der Waals surface area contributed by atoms with Gasteiger partial charge in [0.1, 0.15) is 5.75 Å². The van der Waals surface area contributed by atoms with E-state index in [9.17, 15) is 23.1 Å². The third-order valence-electron chi connectivity index (χ3n) is 4.64. The van der Waals surface area contributed by atoms with Crippen LogP contribution in [-0.4, -0.2) is 23.2 Å². The maximum atomic E-state index is 11.8. The fourth-order valence-electron chi connectivity index (χ4n) is 3.15. The summed E-state index contributed by atoms with van der Waals surface area (Å²) in [4.78, 5) is 14.5. The van der Waals surface area contributed by atoms with Gasteiger partial charge in [0.15, 0.2) is 0 Å². The van der Waals surface area contributed by atoms with Crippen molar-refractivity contribution < 1.29 is 18.3 Å². The van der Waals surface area contributed by atoms with Crippen LogP contribution in [0.2, 0.25) is 0 Å². The fraction of sp³-hybridized carbons (Fsp3) is 0.227. The molecule has 0 bridgehead atoms. The molecule has 0 amide bonds. The van der Waals surface area contributed by atoms with E-state index < -0.39 is 17.3 Å². The zero-order chi connectivity index (χ0) is 20.9. The van der Waals surface area contributed by atoms with Gasteiger partial charge in [0.2, 0.25) is 5.56 Å². The predicted octanol–water partition coefficient (Wildman–Crippen LogP) is 5.05.